The summed E-state index contributed by atoms with van der Waals surface area (Å²) in [5.74, 6) is -1.55. The number of aromatic nitrogens is 1. The fourth-order valence-electron chi connectivity index (χ4n) is 2.72. The van der Waals surface area contributed by atoms with Crippen molar-refractivity contribution < 1.29 is 23.9 Å². The van der Waals surface area contributed by atoms with Crippen molar-refractivity contribution in [2.75, 3.05) is 13.7 Å². The van der Waals surface area contributed by atoms with Crippen molar-refractivity contribution in [3.63, 3.8) is 0 Å². The molecule has 0 aliphatic carbocycles. The molecule has 0 N–H and O–H groups in total. The maximum absolute atomic E-state index is 12.7. The van der Waals surface area contributed by atoms with Gasteiger partial charge in [-0.2, -0.15) is 4.99 Å². The second-order valence-corrected chi connectivity index (χ2v) is 7.91. The van der Waals surface area contributed by atoms with Gasteiger partial charge in [-0.05, 0) is 43.3 Å². The van der Waals surface area contributed by atoms with Crippen LogP contribution in [0.1, 0.15) is 27.6 Å². The summed E-state index contributed by atoms with van der Waals surface area (Å²) in [6.07, 6.45) is 0. The van der Waals surface area contributed by atoms with E-state index in [-0.39, 0.29) is 23.5 Å². The van der Waals surface area contributed by atoms with Crippen LogP contribution in [0.25, 0.3) is 10.2 Å². The van der Waals surface area contributed by atoms with Crippen molar-refractivity contribution >= 4 is 62.6 Å². The lowest BCUT2D eigenvalue weighted by molar-refractivity contribution is -0.143. The molecule has 10 heteroatoms. The van der Waals surface area contributed by atoms with Crippen LogP contribution in [-0.4, -0.2) is 36.1 Å². The second kappa shape index (κ2) is 9.42. The molecule has 0 spiro atoms. The molecule has 7 nitrogen and oxygen atoms in total. The monoisotopic (exact) mass is 466 g/mol. The van der Waals surface area contributed by atoms with Crippen LogP contribution in [0.4, 0.5) is 0 Å². The first-order chi connectivity index (χ1) is 14.3. The summed E-state index contributed by atoms with van der Waals surface area (Å²) >= 11 is 13.1. The largest absolute Gasteiger partial charge is 0.465 e. The Morgan fingerprint density at radius 1 is 1.07 bits per heavy atom. The van der Waals surface area contributed by atoms with Gasteiger partial charge in [-0.15, -0.1) is 0 Å². The van der Waals surface area contributed by atoms with Gasteiger partial charge in [-0.1, -0.05) is 34.5 Å². The van der Waals surface area contributed by atoms with Crippen LogP contribution in [-0.2, 0) is 20.8 Å². The van der Waals surface area contributed by atoms with E-state index >= 15 is 0 Å². The third-order valence-corrected chi connectivity index (χ3v) is 5.48. The van der Waals surface area contributed by atoms with Gasteiger partial charge in [0.05, 0.1) is 29.5 Å². The number of carbonyl (C=O) groups excluding carboxylic acids is 3. The lowest BCUT2D eigenvalue weighted by Crippen LogP contribution is -2.23. The fraction of sp³-hybridized carbons (Fsp3) is 0.200. The first-order valence-electron chi connectivity index (χ1n) is 8.75. The van der Waals surface area contributed by atoms with E-state index in [4.69, 9.17) is 32.7 Å². The highest BCUT2D eigenvalue weighted by atomic mass is 35.5. The molecule has 0 aliphatic rings. The number of ether oxygens (including phenoxy) is 2. The van der Waals surface area contributed by atoms with Crippen LogP contribution in [0.3, 0.4) is 0 Å². The first-order valence-corrected chi connectivity index (χ1v) is 10.3. The van der Waals surface area contributed by atoms with E-state index in [1.54, 1.807) is 29.7 Å². The van der Waals surface area contributed by atoms with Crippen molar-refractivity contribution in [3.05, 3.63) is 62.4 Å². The highest BCUT2D eigenvalue weighted by Crippen LogP contribution is 2.22. The van der Waals surface area contributed by atoms with E-state index in [0.717, 1.165) is 11.3 Å². The number of hydrogen-bond donors (Lipinski definition) is 0. The summed E-state index contributed by atoms with van der Waals surface area (Å²) in [5.41, 5.74) is 1.17. The third-order valence-electron chi connectivity index (χ3n) is 4.00. The number of thiazole rings is 1. The van der Waals surface area contributed by atoms with E-state index < -0.39 is 17.8 Å². The molecule has 3 rings (SSSR count). The van der Waals surface area contributed by atoms with E-state index in [0.29, 0.717) is 25.8 Å². The number of nitrogens with zero attached hydrogens (tertiary/aromatic N) is 2. The number of halogens is 2. The van der Waals surface area contributed by atoms with Gasteiger partial charge < -0.3 is 14.0 Å². The summed E-state index contributed by atoms with van der Waals surface area (Å²) in [6.45, 7) is 1.78. The van der Waals surface area contributed by atoms with Crippen LogP contribution in [0, 0.1) is 0 Å². The molecule has 0 atom stereocenters. The summed E-state index contributed by atoms with van der Waals surface area (Å²) in [5, 5.41) is 0.610. The average molecular weight is 467 g/mol. The minimum atomic E-state index is -0.572. The van der Waals surface area contributed by atoms with Gasteiger partial charge in [0.1, 0.15) is 6.54 Å². The van der Waals surface area contributed by atoms with Crippen molar-refractivity contribution in [2.45, 2.75) is 13.5 Å². The maximum Gasteiger partial charge on any atom is 0.337 e. The molecular weight excluding hydrogens is 451 g/mol. The smallest absolute Gasteiger partial charge is 0.337 e. The zero-order valence-electron chi connectivity index (χ0n) is 16.0. The molecular formula is C20H16Cl2N2O5S. The number of methoxy groups -OCH3 is 1. The Balaban J connectivity index is 2.14. The molecule has 0 saturated carbocycles. The molecule has 1 aromatic heterocycles. The van der Waals surface area contributed by atoms with Gasteiger partial charge in [0.2, 0.25) is 0 Å². The topological polar surface area (TPSA) is 87.0 Å². The van der Waals surface area contributed by atoms with Crippen LogP contribution in [0.5, 0.6) is 0 Å². The molecule has 0 radical (unpaired) electrons. The highest BCUT2D eigenvalue weighted by Gasteiger charge is 2.15. The predicted molar refractivity (Wildman–Crippen MR) is 114 cm³/mol. The minimum absolute atomic E-state index is 0.145. The molecule has 0 aliphatic heterocycles. The Labute approximate surface area is 185 Å². The summed E-state index contributed by atoms with van der Waals surface area (Å²) < 4.78 is 12.0. The number of rotatable bonds is 5. The average Bonchev–Trinajstić information content (AvgIpc) is 3.02. The second-order valence-electron chi connectivity index (χ2n) is 6.02. The maximum atomic E-state index is 12.7. The summed E-state index contributed by atoms with van der Waals surface area (Å²) in [7, 11) is 1.29. The Bertz CT molecular complexity index is 1200. The van der Waals surface area contributed by atoms with Crippen molar-refractivity contribution in [2.24, 2.45) is 4.99 Å². The summed E-state index contributed by atoms with van der Waals surface area (Å²) in [4.78, 5) is 41.1. The normalized spacial score (nSPS) is 11.5. The van der Waals surface area contributed by atoms with Gasteiger partial charge in [-0.3, -0.25) is 9.59 Å². The highest BCUT2D eigenvalue weighted by molar-refractivity contribution is 7.16. The Morgan fingerprint density at radius 2 is 1.77 bits per heavy atom. The quantitative estimate of drug-likeness (QED) is 0.528. The lowest BCUT2D eigenvalue weighted by atomic mass is 10.2. The van der Waals surface area contributed by atoms with E-state index in [2.05, 4.69) is 4.99 Å². The molecule has 0 bridgehead atoms. The minimum Gasteiger partial charge on any atom is -0.465 e. The molecule has 3 aromatic rings. The molecule has 2 aromatic carbocycles. The molecule has 1 amide bonds. The molecule has 156 valence electrons. The van der Waals surface area contributed by atoms with E-state index in [1.165, 1.54) is 25.3 Å². The number of fused-ring (bicyclic) bond motifs is 1. The van der Waals surface area contributed by atoms with Crippen molar-refractivity contribution in [3.8, 4) is 0 Å². The van der Waals surface area contributed by atoms with Gasteiger partial charge >= 0.3 is 11.9 Å². The van der Waals surface area contributed by atoms with E-state index in [1.807, 2.05) is 0 Å². The SMILES string of the molecule is CCOC(=O)Cn1c(=NC(=O)c2cc(Cl)cc(Cl)c2)sc2cc(C(=O)OC)ccc21. The van der Waals surface area contributed by atoms with Crippen molar-refractivity contribution in [1.82, 2.24) is 4.57 Å². The zero-order valence-corrected chi connectivity index (χ0v) is 18.3. The van der Waals surface area contributed by atoms with Crippen LogP contribution < -0.4 is 4.80 Å². The number of amides is 1. The number of hydrogen-bond acceptors (Lipinski definition) is 6. The van der Waals surface area contributed by atoms with Crippen LogP contribution >= 0.6 is 34.5 Å². The molecule has 0 unspecified atom stereocenters. The zero-order chi connectivity index (χ0) is 21.8. The van der Waals surface area contributed by atoms with Crippen molar-refractivity contribution in [1.29, 1.82) is 0 Å². The fourth-order valence-corrected chi connectivity index (χ4v) is 4.31. The van der Waals surface area contributed by atoms with Crippen LogP contribution in [0.15, 0.2) is 41.4 Å². The van der Waals surface area contributed by atoms with Gasteiger partial charge in [0.25, 0.3) is 5.91 Å². The Hall–Kier alpha value is -2.68. The number of carbonyl (C=O) groups is 3. The van der Waals surface area contributed by atoms with Gasteiger partial charge in [0, 0.05) is 15.6 Å². The molecule has 1 heterocycles. The Kier molecular flexibility index (Phi) is 6.91. The van der Waals surface area contributed by atoms with Gasteiger partial charge in [-0.25, -0.2) is 4.79 Å². The number of esters is 2. The standard InChI is InChI=1S/C20H16Cl2N2O5S/c1-3-29-17(25)10-24-15-5-4-11(19(27)28-2)8-16(15)30-20(24)23-18(26)12-6-13(21)9-14(22)7-12/h4-9H,3,10H2,1-2H3. The Morgan fingerprint density at radius 3 is 2.40 bits per heavy atom. The van der Waals surface area contributed by atoms with E-state index in [9.17, 15) is 14.4 Å². The molecule has 0 fully saturated rings. The van der Waals surface area contributed by atoms with Crippen LogP contribution in [0.2, 0.25) is 10.0 Å². The third kappa shape index (κ3) is 4.89. The molecule has 0 saturated heterocycles. The number of benzene rings is 2. The summed E-state index contributed by atoms with van der Waals surface area (Å²) in [6, 6.07) is 9.28. The predicted octanol–water partition coefficient (Wildman–Crippen LogP) is 4.10. The first kappa shape index (κ1) is 22.0. The van der Waals surface area contributed by atoms with Gasteiger partial charge in [0.15, 0.2) is 4.80 Å². The lowest BCUT2D eigenvalue weighted by Gasteiger charge is -2.05. The molecule has 30 heavy (non-hydrogen) atoms.